The highest BCUT2D eigenvalue weighted by Crippen LogP contribution is 2.02. The number of carbonyl (C=O) groups excluding carboxylic acids is 1. The molecule has 12 heavy (non-hydrogen) atoms. The number of oxime groups is 1. The highest BCUT2D eigenvalue weighted by Gasteiger charge is 2.00. The summed E-state index contributed by atoms with van der Waals surface area (Å²) in [5, 5.41) is 10.8. The van der Waals surface area contributed by atoms with Crippen LogP contribution in [0.1, 0.15) is 15.9 Å². The van der Waals surface area contributed by atoms with Gasteiger partial charge in [-0.15, -0.1) is 0 Å². The van der Waals surface area contributed by atoms with Crippen LogP contribution in [0.25, 0.3) is 0 Å². The smallest absolute Gasteiger partial charge is 0.207 e. The molecule has 0 amide bonds. The third kappa shape index (κ3) is 1.92. The van der Waals surface area contributed by atoms with E-state index in [1.165, 1.54) is 0 Å². The van der Waals surface area contributed by atoms with Gasteiger partial charge in [-0.05, 0) is 6.92 Å². The Kier molecular flexibility index (Phi) is 2.58. The normalized spacial score (nSPS) is 10.4. The average Bonchev–Trinajstić information content (AvgIpc) is 2.06. The van der Waals surface area contributed by atoms with Crippen LogP contribution in [0.5, 0.6) is 0 Å². The fourth-order valence-corrected chi connectivity index (χ4v) is 0.845. The second-order valence-corrected chi connectivity index (χ2v) is 2.47. The molecule has 1 aromatic rings. The number of aryl methyl sites for hydroxylation is 1. The van der Waals surface area contributed by atoms with Gasteiger partial charge < -0.3 is 5.21 Å². The number of ketones is 1. The predicted octanol–water partition coefficient (Wildman–Crippen LogP) is 1.64. The molecule has 0 spiro atoms. The summed E-state index contributed by atoms with van der Waals surface area (Å²) in [4.78, 5) is 11.0. The van der Waals surface area contributed by atoms with Crippen molar-refractivity contribution in [2.45, 2.75) is 6.92 Å². The summed E-state index contributed by atoms with van der Waals surface area (Å²) in [5.41, 5.74) is 1.62. The maximum Gasteiger partial charge on any atom is 0.207 e. The molecule has 0 aliphatic rings. The lowest BCUT2D eigenvalue weighted by Gasteiger charge is -1.94. The van der Waals surface area contributed by atoms with E-state index in [1.54, 1.807) is 12.1 Å². The minimum Gasteiger partial charge on any atom is -0.411 e. The van der Waals surface area contributed by atoms with Crippen molar-refractivity contribution < 1.29 is 10.0 Å². The Morgan fingerprint density at radius 1 is 1.42 bits per heavy atom. The third-order valence-corrected chi connectivity index (χ3v) is 1.51. The molecule has 0 saturated carbocycles. The van der Waals surface area contributed by atoms with Gasteiger partial charge in [-0.2, -0.15) is 0 Å². The van der Waals surface area contributed by atoms with Crippen molar-refractivity contribution in [3.05, 3.63) is 35.4 Å². The van der Waals surface area contributed by atoms with E-state index in [0.29, 0.717) is 5.56 Å². The Labute approximate surface area is 70.3 Å². The van der Waals surface area contributed by atoms with Gasteiger partial charge in [0.15, 0.2) is 0 Å². The highest BCUT2D eigenvalue weighted by molar-refractivity contribution is 6.35. The van der Waals surface area contributed by atoms with E-state index in [1.807, 2.05) is 19.1 Å². The number of benzene rings is 1. The number of hydrogen-bond acceptors (Lipinski definition) is 3. The van der Waals surface area contributed by atoms with Crippen molar-refractivity contribution in [1.82, 2.24) is 0 Å². The van der Waals surface area contributed by atoms with Gasteiger partial charge in [-0.1, -0.05) is 35.0 Å². The van der Waals surface area contributed by atoms with Gasteiger partial charge in [0.25, 0.3) is 0 Å². The standard InChI is InChI=1S/C9H9NO2/c1-7-2-4-8(5-3-7)9(11)6-10-12/h2-6,12H,1H3/b10-6+. The summed E-state index contributed by atoms with van der Waals surface area (Å²) >= 11 is 0. The summed E-state index contributed by atoms with van der Waals surface area (Å²) in [5.74, 6) is -0.294. The fourth-order valence-electron chi connectivity index (χ4n) is 0.845. The zero-order valence-electron chi connectivity index (χ0n) is 6.69. The lowest BCUT2D eigenvalue weighted by atomic mass is 10.1. The first-order valence-electron chi connectivity index (χ1n) is 3.52. The number of Topliss-reactive ketones (excluding diaryl/α,β-unsaturated/α-hetero) is 1. The highest BCUT2D eigenvalue weighted by atomic mass is 16.4. The first kappa shape index (κ1) is 8.46. The summed E-state index contributed by atoms with van der Waals surface area (Å²) in [6, 6.07) is 7.05. The first-order chi connectivity index (χ1) is 5.74. The molecule has 0 aromatic heterocycles. The minimum atomic E-state index is -0.294. The first-order valence-corrected chi connectivity index (χ1v) is 3.52. The SMILES string of the molecule is Cc1ccc(C(=O)/C=N/O)cc1. The molecule has 0 fully saturated rings. The van der Waals surface area contributed by atoms with Gasteiger partial charge in [-0.3, -0.25) is 4.79 Å². The zero-order valence-corrected chi connectivity index (χ0v) is 6.69. The van der Waals surface area contributed by atoms with Crippen molar-refractivity contribution in [2.24, 2.45) is 5.16 Å². The van der Waals surface area contributed by atoms with Crippen LogP contribution in [-0.4, -0.2) is 17.2 Å². The predicted molar refractivity (Wildman–Crippen MR) is 45.8 cm³/mol. The van der Waals surface area contributed by atoms with Crippen LogP contribution in [-0.2, 0) is 0 Å². The summed E-state index contributed by atoms with van der Waals surface area (Å²) in [7, 11) is 0. The van der Waals surface area contributed by atoms with E-state index < -0.39 is 0 Å². The quantitative estimate of drug-likeness (QED) is 0.312. The van der Waals surface area contributed by atoms with E-state index in [4.69, 9.17) is 5.21 Å². The van der Waals surface area contributed by atoms with E-state index in [-0.39, 0.29) is 5.78 Å². The molecule has 0 aliphatic carbocycles. The largest absolute Gasteiger partial charge is 0.411 e. The second kappa shape index (κ2) is 3.67. The molecule has 0 aliphatic heterocycles. The van der Waals surface area contributed by atoms with Gasteiger partial charge in [0.2, 0.25) is 5.78 Å². The van der Waals surface area contributed by atoms with Crippen LogP contribution in [0.2, 0.25) is 0 Å². The second-order valence-electron chi connectivity index (χ2n) is 2.47. The molecule has 3 heteroatoms. The van der Waals surface area contributed by atoms with Gasteiger partial charge in [0.05, 0.1) is 0 Å². The number of carbonyl (C=O) groups is 1. The molecule has 0 atom stereocenters. The molecule has 0 radical (unpaired) electrons. The number of hydrogen-bond donors (Lipinski definition) is 1. The molecule has 0 bridgehead atoms. The Balaban J connectivity index is 2.90. The zero-order chi connectivity index (χ0) is 8.97. The molecule has 1 rings (SSSR count). The topological polar surface area (TPSA) is 49.7 Å². The molecule has 1 N–H and O–H groups in total. The molecule has 0 unspecified atom stereocenters. The lowest BCUT2D eigenvalue weighted by Crippen LogP contribution is -1.99. The monoisotopic (exact) mass is 163 g/mol. The summed E-state index contributed by atoms with van der Waals surface area (Å²) in [6.07, 6.45) is 0.880. The Hall–Kier alpha value is -1.64. The molecular formula is C9H9NO2. The van der Waals surface area contributed by atoms with E-state index in [9.17, 15) is 4.79 Å². The van der Waals surface area contributed by atoms with Crippen LogP contribution in [0, 0.1) is 6.92 Å². The minimum absolute atomic E-state index is 0.294. The molecular weight excluding hydrogens is 154 g/mol. The number of nitrogens with zero attached hydrogens (tertiary/aromatic N) is 1. The summed E-state index contributed by atoms with van der Waals surface area (Å²) in [6.45, 7) is 1.94. The number of rotatable bonds is 2. The van der Waals surface area contributed by atoms with E-state index in [2.05, 4.69) is 5.16 Å². The lowest BCUT2D eigenvalue weighted by molar-refractivity contribution is 0.106. The van der Waals surface area contributed by atoms with Crippen LogP contribution in [0.3, 0.4) is 0 Å². The van der Waals surface area contributed by atoms with Gasteiger partial charge in [0, 0.05) is 5.56 Å². The van der Waals surface area contributed by atoms with Crippen LogP contribution >= 0.6 is 0 Å². The molecule has 0 heterocycles. The maximum absolute atomic E-state index is 11.0. The van der Waals surface area contributed by atoms with Crippen LogP contribution in [0.4, 0.5) is 0 Å². The average molecular weight is 163 g/mol. The third-order valence-electron chi connectivity index (χ3n) is 1.51. The van der Waals surface area contributed by atoms with E-state index >= 15 is 0 Å². The molecule has 0 saturated heterocycles. The van der Waals surface area contributed by atoms with Crippen LogP contribution in [0.15, 0.2) is 29.4 Å². The fraction of sp³-hybridized carbons (Fsp3) is 0.111. The van der Waals surface area contributed by atoms with Gasteiger partial charge in [0.1, 0.15) is 6.21 Å². The molecule has 1 aromatic carbocycles. The van der Waals surface area contributed by atoms with Gasteiger partial charge in [-0.25, -0.2) is 0 Å². The Morgan fingerprint density at radius 2 is 2.00 bits per heavy atom. The van der Waals surface area contributed by atoms with Crippen molar-refractivity contribution in [3.8, 4) is 0 Å². The van der Waals surface area contributed by atoms with Crippen molar-refractivity contribution in [3.63, 3.8) is 0 Å². The summed E-state index contributed by atoms with van der Waals surface area (Å²) < 4.78 is 0. The van der Waals surface area contributed by atoms with Crippen molar-refractivity contribution in [1.29, 1.82) is 0 Å². The van der Waals surface area contributed by atoms with Gasteiger partial charge >= 0.3 is 0 Å². The Morgan fingerprint density at radius 3 is 2.50 bits per heavy atom. The van der Waals surface area contributed by atoms with Crippen molar-refractivity contribution >= 4 is 12.0 Å². The Bertz CT molecular complexity index is 301. The van der Waals surface area contributed by atoms with E-state index in [0.717, 1.165) is 11.8 Å². The molecule has 3 nitrogen and oxygen atoms in total. The maximum atomic E-state index is 11.0. The van der Waals surface area contributed by atoms with Crippen molar-refractivity contribution in [2.75, 3.05) is 0 Å². The molecule has 62 valence electrons. The van der Waals surface area contributed by atoms with Crippen LogP contribution < -0.4 is 0 Å².